The van der Waals surface area contributed by atoms with Crippen LogP contribution in [0.4, 0.5) is 13.2 Å². The minimum atomic E-state index is -4.34. The van der Waals surface area contributed by atoms with Crippen molar-refractivity contribution in [3.63, 3.8) is 0 Å². The highest BCUT2D eigenvalue weighted by molar-refractivity contribution is 7.08. The Bertz CT molecular complexity index is 266. The summed E-state index contributed by atoms with van der Waals surface area (Å²) in [6.45, 7) is 1.62. The van der Waals surface area contributed by atoms with E-state index in [4.69, 9.17) is 5.73 Å². The second-order valence-corrected chi connectivity index (χ2v) is 3.27. The second kappa shape index (κ2) is 3.06. The molecule has 0 spiro atoms. The SMILES string of the molecule is Cc1cscc1[C@H](N)C(F)(F)F. The molecule has 0 aromatic carbocycles. The highest BCUT2D eigenvalue weighted by atomic mass is 32.1. The Labute approximate surface area is 72.0 Å². The minimum Gasteiger partial charge on any atom is -0.316 e. The van der Waals surface area contributed by atoms with Crippen molar-refractivity contribution in [1.82, 2.24) is 0 Å². The van der Waals surface area contributed by atoms with Crippen LogP contribution in [0.2, 0.25) is 0 Å². The molecule has 1 atom stereocenters. The van der Waals surface area contributed by atoms with Gasteiger partial charge in [-0.2, -0.15) is 24.5 Å². The van der Waals surface area contributed by atoms with Gasteiger partial charge in [0.2, 0.25) is 0 Å². The van der Waals surface area contributed by atoms with Gasteiger partial charge in [0, 0.05) is 0 Å². The molecule has 2 N–H and O–H groups in total. The fraction of sp³-hybridized carbons (Fsp3) is 0.429. The number of hydrogen-bond acceptors (Lipinski definition) is 2. The van der Waals surface area contributed by atoms with Crippen LogP contribution in [0.15, 0.2) is 10.8 Å². The van der Waals surface area contributed by atoms with E-state index < -0.39 is 12.2 Å². The van der Waals surface area contributed by atoms with Crippen LogP contribution < -0.4 is 5.73 Å². The van der Waals surface area contributed by atoms with Crippen LogP contribution in [0.3, 0.4) is 0 Å². The van der Waals surface area contributed by atoms with E-state index in [1.54, 1.807) is 12.3 Å². The molecule has 0 amide bonds. The first kappa shape index (κ1) is 9.54. The van der Waals surface area contributed by atoms with Gasteiger partial charge >= 0.3 is 6.18 Å². The average Bonchev–Trinajstić information content (AvgIpc) is 2.31. The van der Waals surface area contributed by atoms with Crippen molar-refractivity contribution in [1.29, 1.82) is 0 Å². The predicted molar refractivity (Wildman–Crippen MR) is 42.0 cm³/mol. The lowest BCUT2D eigenvalue weighted by molar-refractivity contribution is -0.149. The number of alkyl halides is 3. The van der Waals surface area contributed by atoms with E-state index in [9.17, 15) is 13.2 Å². The van der Waals surface area contributed by atoms with Gasteiger partial charge in [-0.1, -0.05) is 0 Å². The number of thiophene rings is 1. The summed E-state index contributed by atoms with van der Waals surface area (Å²) in [6.07, 6.45) is -4.34. The molecule has 5 heteroatoms. The number of aryl methyl sites for hydroxylation is 1. The lowest BCUT2D eigenvalue weighted by Gasteiger charge is -2.14. The summed E-state index contributed by atoms with van der Waals surface area (Å²) in [4.78, 5) is 0. The second-order valence-electron chi connectivity index (χ2n) is 2.53. The lowest BCUT2D eigenvalue weighted by Crippen LogP contribution is -2.28. The Morgan fingerprint density at radius 2 is 2.00 bits per heavy atom. The van der Waals surface area contributed by atoms with Crippen LogP contribution >= 0.6 is 11.3 Å². The molecular formula is C7H8F3NS. The number of rotatable bonds is 1. The maximum Gasteiger partial charge on any atom is 0.407 e. The monoisotopic (exact) mass is 195 g/mol. The summed E-state index contributed by atoms with van der Waals surface area (Å²) in [6, 6.07) is -1.84. The van der Waals surface area contributed by atoms with Gasteiger partial charge in [-0.15, -0.1) is 0 Å². The van der Waals surface area contributed by atoms with Gasteiger partial charge in [-0.05, 0) is 28.8 Å². The topological polar surface area (TPSA) is 26.0 Å². The predicted octanol–water partition coefficient (Wildman–Crippen LogP) is 2.62. The zero-order chi connectivity index (χ0) is 9.35. The standard InChI is InChI=1S/C7H8F3NS/c1-4-2-12-3-5(4)6(11)7(8,9)10/h2-3,6H,11H2,1H3/t6-/m0/s1. The smallest absolute Gasteiger partial charge is 0.316 e. The van der Waals surface area contributed by atoms with Crippen molar-refractivity contribution in [2.75, 3.05) is 0 Å². The van der Waals surface area contributed by atoms with E-state index in [0.29, 0.717) is 5.56 Å². The molecule has 0 aliphatic carbocycles. The van der Waals surface area contributed by atoms with Gasteiger partial charge < -0.3 is 5.73 Å². The molecule has 1 aromatic rings. The highest BCUT2D eigenvalue weighted by Crippen LogP contribution is 2.33. The molecule has 0 saturated heterocycles. The summed E-state index contributed by atoms with van der Waals surface area (Å²) in [7, 11) is 0. The fourth-order valence-electron chi connectivity index (χ4n) is 0.865. The molecule has 1 heterocycles. The molecule has 0 unspecified atom stereocenters. The molecule has 1 rings (SSSR count). The van der Waals surface area contributed by atoms with E-state index in [1.165, 1.54) is 16.7 Å². The zero-order valence-corrected chi connectivity index (χ0v) is 7.17. The number of halogens is 3. The van der Waals surface area contributed by atoms with Crippen molar-refractivity contribution >= 4 is 11.3 Å². The molecule has 0 bridgehead atoms. The summed E-state index contributed by atoms with van der Waals surface area (Å²) in [5.74, 6) is 0. The summed E-state index contributed by atoms with van der Waals surface area (Å²) >= 11 is 1.23. The zero-order valence-electron chi connectivity index (χ0n) is 6.35. The Morgan fingerprint density at radius 3 is 2.33 bits per heavy atom. The van der Waals surface area contributed by atoms with E-state index in [-0.39, 0.29) is 5.56 Å². The summed E-state index contributed by atoms with van der Waals surface area (Å²) in [5, 5.41) is 3.09. The third-order valence-corrected chi connectivity index (χ3v) is 2.46. The Morgan fingerprint density at radius 1 is 1.42 bits per heavy atom. The maximum atomic E-state index is 12.1. The fourth-order valence-corrected chi connectivity index (χ4v) is 1.75. The van der Waals surface area contributed by atoms with Gasteiger partial charge in [0.15, 0.2) is 0 Å². The van der Waals surface area contributed by atoms with Crippen LogP contribution in [-0.4, -0.2) is 6.18 Å². The Hall–Kier alpha value is -0.550. The van der Waals surface area contributed by atoms with Crippen molar-refractivity contribution in [3.8, 4) is 0 Å². The van der Waals surface area contributed by atoms with E-state index in [2.05, 4.69) is 0 Å². The van der Waals surface area contributed by atoms with Gasteiger partial charge in [0.05, 0.1) is 0 Å². The van der Waals surface area contributed by atoms with Crippen LogP contribution in [0.1, 0.15) is 17.2 Å². The number of nitrogens with two attached hydrogens (primary N) is 1. The molecule has 12 heavy (non-hydrogen) atoms. The molecule has 1 aromatic heterocycles. The van der Waals surface area contributed by atoms with E-state index >= 15 is 0 Å². The van der Waals surface area contributed by atoms with Crippen LogP contribution in [0.5, 0.6) is 0 Å². The van der Waals surface area contributed by atoms with Crippen molar-refractivity contribution in [2.24, 2.45) is 5.73 Å². The molecule has 0 fully saturated rings. The van der Waals surface area contributed by atoms with Gasteiger partial charge in [-0.3, -0.25) is 0 Å². The van der Waals surface area contributed by atoms with Crippen molar-refractivity contribution in [2.45, 2.75) is 19.1 Å². The van der Waals surface area contributed by atoms with E-state index in [0.717, 1.165) is 0 Å². The molecule has 0 saturated carbocycles. The largest absolute Gasteiger partial charge is 0.407 e. The molecular weight excluding hydrogens is 187 g/mol. The van der Waals surface area contributed by atoms with Gasteiger partial charge in [0.25, 0.3) is 0 Å². The third kappa shape index (κ3) is 1.78. The first-order chi connectivity index (χ1) is 5.43. The molecule has 68 valence electrons. The molecule has 0 aliphatic rings. The maximum absolute atomic E-state index is 12.1. The lowest BCUT2D eigenvalue weighted by atomic mass is 10.1. The first-order valence-electron chi connectivity index (χ1n) is 3.28. The Balaban J connectivity index is 2.92. The van der Waals surface area contributed by atoms with Crippen molar-refractivity contribution < 1.29 is 13.2 Å². The van der Waals surface area contributed by atoms with Crippen LogP contribution in [0.25, 0.3) is 0 Å². The first-order valence-corrected chi connectivity index (χ1v) is 4.22. The summed E-state index contributed by atoms with van der Waals surface area (Å²) < 4.78 is 36.2. The molecule has 0 radical (unpaired) electrons. The van der Waals surface area contributed by atoms with Gasteiger partial charge in [0.1, 0.15) is 6.04 Å². The van der Waals surface area contributed by atoms with Gasteiger partial charge in [-0.25, -0.2) is 0 Å². The highest BCUT2D eigenvalue weighted by Gasteiger charge is 2.38. The molecule has 0 aliphatic heterocycles. The average molecular weight is 195 g/mol. The third-order valence-electron chi connectivity index (χ3n) is 1.58. The van der Waals surface area contributed by atoms with E-state index in [1.807, 2.05) is 0 Å². The Kier molecular flexibility index (Phi) is 2.44. The quantitative estimate of drug-likeness (QED) is 0.732. The van der Waals surface area contributed by atoms with Crippen molar-refractivity contribution in [3.05, 3.63) is 21.9 Å². The normalized spacial score (nSPS) is 14.8. The number of hydrogen-bond donors (Lipinski definition) is 1. The summed E-state index contributed by atoms with van der Waals surface area (Å²) in [5.41, 5.74) is 5.77. The van der Waals surface area contributed by atoms with Crippen LogP contribution in [0, 0.1) is 6.92 Å². The van der Waals surface area contributed by atoms with Crippen LogP contribution in [-0.2, 0) is 0 Å². The molecule has 1 nitrogen and oxygen atoms in total. The minimum absolute atomic E-state index is 0.174.